The molecule has 0 atom stereocenters. The number of benzene rings is 1. The zero-order valence-electron chi connectivity index (χ0n) is 11.3. The van der Waals surface area contributed by atoms with Gasteiger partial charge in [-0.15, -0.1) is 0 Å². The third-order valence-electron chi connectivity index (χ3n) is 3.48. The third kappa shape index (κ3) is 3.07. The van der Waals surface area contributed by atoms with Crippen LogP contribution < -0.4 is 0 Å². The Balaban J connectivity index is 1.85. The molecule has 0 saturated heterocycles. The highest BCUT2D eigenvalue weighted by atomic mass is 19.1. The molecule has 3 rings (SSSR count). The SMILES string of the molecule is O=C(c1cccc(F)n1)N(Cc1ccccc1F)C1CC1. The first kappa shape index (κ1) is 13.7. The van der Waals surface area contributed by atoms with E-state index in [1.165, 1.54) is 24.3 Å². The van der Waals surface area contributed by atoms with Gasteiger partial charge in [-0.25, -0.2) is 9.37 Å². The maximum Gasteiger partial charge on any atom is 0.273 e. The molecule has 0 bridgehead atoms. The molecular formula is C16H14F2N2O. The van der Waals surface area contributed by atoms with Crippen molar-refractivity contribution in [2.75, 3.05) is 0 Å². The smallest absolute Gasteiger partial charge is 0.273 e. The fraction of sp³-hybridized carbons (Fsp3) is 0.250. The molecule has 1 amide bonds. The number of carbonyl (C=O) groups is 1. The number of hydrogen-bond acceptors (Lipinski definition) is 2. The molecule has 1 heterocycles. The van der Waals surface area contributed by atoms with Gasteiger partial charge in [-0.1, -0.05) is 24.3 Å². The number of nitrogens with zero attached hydrogens (tertiary/aromatic N) is 2. The highest BCUT2D eigenvalue weighted by Crippen LogP contribution is 2.30. The molecule has 0 radical (unpaired) electrons. The Hall–Kier alpha value is -2.30. The van der Waals surface area contributed by atoms with Crippen LogP contribution in [0.2, 0.25) is 0 Å². The maximum atomic E-state index is 13.8. The molecular weight excluding hydrogens is 274 g/mol. The Kier molecular flexibility index (Phi) is 3.64. The van der Waals surface area contributed by atoms with Gasteiger partial charge in [0.25, 0.3) is 5.91 Å². The number of amides is 1. The summed E-state index contributed by atoms with van der Waals surface area (Å²) in [6.45, 7) is 0.175. The van der Waals surface area contributed by atoms with Gasteiger partial charge in [0, 0.05) is 18.2 Å². The molecule has 2 aromatic rings. The number of halogens is 2. The van der Waals surface area contributed by atoms with E-state index in [4.69, 9.17) is 0 Å². The summed E-state index contributed by atoms with van der Waals surface area (Å²) < 4.78 is 26.9. The van der Waals surface area contributed by atoms with E-state index in [0.29, 0.717) is 5.56 Å². The van der Waals surface area contributed by atoms with Gasteiger partial charge < -0.3 is 4.90 Å². The molecule has 1 fully saturated rings. The minimum Gasteiger partial charge on any atom is -0.330 e. The second kappa shape index (κ2) is 5.60. The second-order valence-electron chi connectivity index (χ2n) is 5.10. The molecule has 1 aliphatic carbocycles. The summed E-state index contributed by atoms with van der Waals surface area (Å²) in [6.07, 6.45) is 1.77. The zero-order valence-corrected chi connectivity index (χ0v) is 11.3. The van der Waals surface area contributed by atoms with Crippen LogP contribution in [0.1, 0.15) is 28.9 Å². The molecule has 1 aromatic heterocycles. The van der Waals surface area contributed by atoms with Gasteiger partial charge >= 0.3 is 0 Å². The monoisotopic (exact) mass is 288 g/mol. The Labute approximate surface area is 121 Å². The van der Waals surface area contributed by atoms with E-state index in [9.17, 15) is 13.6 Å². The number of hydrogen-bond donors (Lipinski definition) is 0. The van der Waals surface area contributed by atoms with Crippen LogP contribution in [-0.4, -0.2) is 21.8 Å². The van der Waals surface area contributed by atoms with Crippen LogP contribution in [0.5, 0.6) is 0 Å². The van der Waals surface area contributed by atoms with E-state index < -0.39 is 5.95 Å². The van der Waals surface area contributed by atoms with Gasteiger partial charge in [-0.3, -0.25) is 4.79 Å². The quantitative estimate of drug-likeness (QED) is 0.810. The summed E-state index contributed by atoms with van der Waals surface area (Å²) in [5.41, 5.74) is 0.507. The van der Waals surface area contributed by atoms with Crippen LogP contribution in [0, 0.1) is 11.8 Å². The average molecular weight is 288 g/mol. The van der Waals surface area contributed by atoms with Crippen molar-refractivity contribution in [1.82, 2.24) is 9.88 Å². The van der Waals surface area contributed by atoms with Crippen molar-refractivity contribution in [1.29, 1.82) is 0 Å². The summed E-state index contributed by atoms with van der Waals surface area (Å²) in [4.78, 5) is 17.7. The highest BCUT2D eigenvalue weighted by molar-refractivity contribution is 5.92. The van der Waals surface area contributed by atoms with Crippen LogP contribution >= 0.6 is 0 Å². The maximum absolute atomic E-state index is 13.8. The highest BCUT2D eigenvalue weighted by Gasteiger charge is 2.34. The third-order valence-corrected chi connectivity index (χ3v) is 3.48. The van der Waals surface area contributed by atoms with Gasteiger partial charge in [-0.05, 0) is 31.0 Å². The average Bonchev–Trinajstić information content (AvgIpc) is 3.30. The molecule has 1 aromatic carbocycles. The molecule has 3 nitrogen and oxygen atoms in total. The molecule has 0 spiro atoms. The zero-order chi connectivity index (χ0) is 14.8. The lowest BCUT2D eigenvalue weighted by Crippen LogP contribution is -2.33. The van der Waals surface area contributed by atoms with E-state index in [0.717, 1.165) is 12.8 Å². The summed E-state index contributed by atoms with van der Waals surface area (Å²) in [6, 6.07) is 10.6. The molecule has 1 aliphatic rings. The Morgan fingerprint density at radius 2 is 1.90 bits per heavy atom. The summed E-state index contributed by atoms with van der Waals surface area (Å²) in [7, 11) is 0. The lowest BCUT2D eigenvalue weighted by Gasteiger charge is -2.22. The molecule has 108 valence electrons. The fourth-order valence-corrected chi connectivity index (χ4v) is 2.24. The van der Waals surface area contributed by atoms with Gasteiger partial charge in [0.1, 0.15) is 11.5 Å². The molecule has 0 aliphatic heterocycles. The van der Waals surface area contributed by atoms with Crippen molar-refractivity contribution in [3.63, 3.8) is 0 Å². The van der Waals surface area contributed by atoms with Gasteiger partial charge in [-0.2, -0.15) is 4.39 Å². The van der Waals surface area contributed by atoms with Crippen molar-refractivity contribution >= 4 is 5.91 Å². The first-order chi connectivity index (χ1) is 10.1. The molecule has 0 unspecified atom stereocenters. The first-order valence-corrected chi connectivity index (χ1v) is 6.82. The Bertz CT molecular complexity index is 671. The van der Waals surface area contributed by atoms with Crippen molar-refractivity contribution in [2.24, 2.45) is 0 Å². The van der Waals surface area contributed by atoms with Crippen molar-refractivity contribution in [3.8, 4) is 0 Å². The van der Waals surface area contributed by atoms with E-state index in [1.54, 1.807) is 23.1 Å². The minimum atomic E-state index is -0.692. The van der Waals surface area contributed by atoms with E-state index in [1.807, 2.05) is 0 Å². The summed E-state index contributed by atoms with van der Waals surface area (Å²) in [5.74, 6) is -1.40. The summed E-state index contributed by atoms with van der Waals surface area (Å²) in [5, 5.41) is 0. The normalized spacial score (nSPS) is 14.0. The van der Waals surface area contributed by atoms with Gasteiger partial charge in [0.05, 0.1) is 0 Å². The van der Waals surface area contributed by atoms with Gasteiger partial charge in [0.15, 0.2) is 0 Å². The molecule has 0 N–H and O–H groups in total. The molecule has 5 heteroatoms. The minimum absolute atomic E-state index is 0.0539. The first-order valence-electron chi connectivity index (χ1n) is 6.82. The number of carbonyl (C=O) groups excluding carboxylic acids is 1. The number of rotatable bonds is 4. The number of aromatic nitrogens is 1. The Morgan fingerprint density at radius 3 is 2.57 bits per heavy atom. The number of pyridine rings is 1. The van der Waals surface area contributed by atoms with Crippen LogP contribution in [-0.2, 0) is 6.54 Å². The lowest BCUT2D eigenvalue weighted by molar-refractivity contribution is 0.0721. The van der Waals surface area contributed by atoms with E-state index in [-0.39, 0.29) is 30.0 Å². The lowest BCUT2D eigenvalue weighted by atomic mass is 10.2. The molecule has 21 heavy (non-hydrogen) atoms. The largest absolute Gasteiger partial charge is 0.330 e. The van der Waals surface area contributed by atoms with E-state index in [2.05, 4.69) is 4.98 Å². The van der Waals surface area contributed by atoms with Crippen molar-refractivity contribution in [2.45, 2.75) is 25.4 Å². The predicted molar refractivity (Wildman–Crippen MR) is 73.5 cm³/mol. The van der Waals surface area contributed by atoms with E-state index >= 15 is 0 Å². The standard InChI is InChI=1S/C16H14F2N2O/c17-13-5-2-1-4-11(13)10-20(12-8-9-12)16(21)14-6-3-7-15(18)19-14/h1-7,12H,8-10H2. The van der Waals surface area contributed by atoms with Crippen LogP contribution in [0.15, 0.2) is 42.5 Å². The van der Waals surface area contributed by atoms with Crippen molar-refractivity contribution in [3.05, 3.63) is 65.5 Å². The predicted octanol–water partition coefficient (Wildman–Crippen LogP) is 3.16. The fourth-order valence-electron chi connectivity index (χ4n) is 2.24. The van der Waals surface area contributed by atoms with Crippen molar-refractivity contribution < 1.29 is 13.6 Å². The van der Waals surface area contributed by atoms with Gasteiger partial charge in [0.2, 0.25) is 5.95 Å². The summed E-state index contributed by atoms with van der Waals surface area (Å²) >= 11 is 0. The molecule has 1 saturated carbocycles. The Morgan fingerprint density at radius 1 is 1.14 bits per heavy atom. The van der Waals surface area contributed by atoms with Crippen LogP contribution in [0.25, 0.3) is 0 Å². The van der Waals surface area contributed by atoms with Crippen LogP contribution in [0.4, 0.5) is 8.78 Å². The second-order valence-corrected chi connectivity index (χ2v) is 5.10. The van der Waals surface area contributed by atoms with Crippen LogP contribution in [0.3, 0.4) is 0 Å². The topological polar surface area (TPSA) is 33.2 Å².